The van der Waals surface area contributed by atoms with Crippen LogP contribution < -0.4 is 4.90 Å². The average molecular weight is 305 g/mol. The van der Waals surface area contributed by atoms with Gasteiger partial charge in [-0.05, 0) is 29.8 Å². The molecule has 0 saturated carbocycles. The van der Waals surface area contributed by atoms with E-state index in [0.717, 1.165) is 3.82 Å². The molecule has 98 valence electrons. The molecule has 1 aromatic carbocycles. The van der Waals surface area contributed by atoms with Crippen molar-refractivity contribution in [1.29, 1.82) is 0 Å². The number of anilines is 1. The van der Waals surface area contributed by atoms with Gasteiger partial charge in [0.15, 0.2) is 0 Å². The van der Waals surface area contributed by atoms with Crippen molar-refractivity contribution in [3.8, 4) is 0 Å². The zero-order chi connectivity index (χ0) is 13.7. The summed E-state index contributed by atoms with van der Waals surface area (Å²) >= 11 is 5.09. The van der Waals surface area contributed by atoms with Gasteiger partial charge >= 0.3 is 0 Å². The first-order valence-electron chi connectivity index (χ1n) is 5.87. The maximum atomic E-state index is 5.09. The maximum Gasteiger partial charge on any atom is 0.102 e. The van der Waals surface area contributed by atoms with Crippen LogP contribution in [0.2, 0.25) is 0 Å². The lowest BCUT2D eigenvalue weighted by Crippen LogP contribution is -2.07. The van der Waals surface area contributed by atoms with Gasteiger partial charge in [0.05, 0.1) is 0 Å². The molecule has 0 unspecified atom stereocenters. The molecule has 1 aromatic heterocycles. The van der Waals surface area contributed by atoms with E-state index in [-0.39, 0.29) is 0 Å². The van der Waals surface area contributed by atoms with Crippen LogP contribution in [0.4, 0.5) is 5.69 Å². The normalized spacial score (nSPS) is 11.5. The number of allylic oxidation sites excluding steroid dienone is 2. The van der Waals surface area contributed by atoms with Crippen molar-refractivity contribution in [2.24, 2.45) is 0 Å². The molecule has 0 atom stereocenters. The van der Waals surface area contributed by atoms with E-state index in [2.05, 4.69) is 47.4 Å². The van der Waals surface area contributed by atoms with Crippen molar-refractivity contribution in [3.63, 3.8) is 0 Å². The summed E-state index contributed by atoms with van der Waals surface area (Å²) in [6.45, 7) is 0. The Morgan fingerprint density at radius 2 is 1.68 bits per heavy atom. The third-order valence-electron chi connectivity index (χ3n) is 2.55. The van der Waals surface area contributed by atoms with E-state index in [9.17, 15) is 0 Å². The van der Waals surface area contributed by atoms with Crippen LogP contribution in [0.25, 0.3) is 12.2 Å². The van der Waals surface area contributed by atoms with Gasteiger partial charge in [-0.2, -0.15) is 0 Å². The van der Waals surface area contributed by atoms with Crippen LogP contribution in [0.3, 0.4) is 0 Å². The summed E-state index contributed by atoms with van der Waals surface area (Å²) in [5, 5.41) is 0. The topological polar surface area (TPSA) is 3.24 Å². The van der Waals surface area contributed by atoms with Crippen LogP contribution in [0, 0.1) is 3.82 Å². The van der Waals surface area contributed by atoms with Gasteiger partial charge in [0.25, 0.3) is 0 Å². The first kappa shape index (κ1) is 14.2. The molecule has 1 heterocycles. The third kappa shape index (κ3) is 4.42. The number of benzene rings is 1. The monoisotopic (exact) mass is 305 g/mol. The molecule has 0 radical (unpaired) electrons. The lowest BCUT2D eigenvalue weighted by Gasteiger charge is -2.11. The Morgan fingerprint density at radius 1 is 1.00 bits per heavy atom. The quantitative estimate of drug-likeness (QED) is 0.426. The van der Waals surface area contributed by atoms with Gasteiger partial charge in [-0.3, -0.25) is 0 Å². The molecule has 0 fully saturated rings. The second-order valence-corrected chi connectivity index (χ2v) is 7.18. The lowest BCUT2D eigenvalue weighted by molar-refractivity contribution is 1.13. The Labute approximate surface area is 126 Å². The highest BCUT2D eigenvalue weighted by molar-refractivity contribution is 7.79. The Kier molecular flexibility index (Phi) is 5.07. The summed E-state index contributed by atoms with van der Waals surface area (Å²) in [6.07, 6.45) is 8.29. The fourth-order valence-electron chi connectivity index (χ4n) is 1.53. The minimum Gasteiger partial charge on any atom is -0.378 e. The molecule has 2 rings (SSSR count). The van der Waals surface area contributed by atoms with E-state index >= 15 is 0 Å². The Morgan fingerprint density at radius 3 is 2.26 bits per heavy atom. The smallest absolute Gasteiger partial charge is 0.102 e. The predicted octanol–water partition coefficient (Wildman–Crippen LogP) is 5.33. The Balaban J connectivity index is 1.99. The van der Waals surface area contributed by atoms with Gasteiger partial charge in [-0.25, -0.2) is 0 Å². The second-order valence-electron chi connectivity index (χ2n) is 4.24. The molecule has 4 heteroatoms. The first-order valence-corrected chi connectivity index (χ1v) is 8.43. The molecule has 0 spiro atoms. The van der Waals surface area contributed by atoms with E-state index in [4.69, 9.17) is 12.2 Å². The zero-order valence-corrected chi connectivity index (χ0v) is 13.3. The molecule has 0 saturated heterocycles. The Hall–Kier alpha value is -1.23. The van der Waals surface area contributed by atoms with Crippen LogP contribution in [-0.4, -0.2) is 14.1 Å². The Bertz CT molecular complexity index is 630. The van der Waals surface area contributed by atoms with Gasteiger partial charge < -0.3 is 4.90 Å². The summed E-state index contributed by atoms with van der Waals surface area (Å²) in [7, 11) is 7.44. The molecule has 0 aliphatic heterocycles. The predicted molar refractivity (Wildman–Crippen MR) is 91.9 cm³/mol. The molecule has 0 N–H and O–H groups in total. The highest BCUT2D eigenvalue weighted by Gasteiger charge is 1.93. The molecule has 0 bridgehead atoms. The van der Waals surface area contributed by atoms with Crippen molar-refractivity contribution in [1.82, 2.24) is 0 Å². The fourth-order valence-corrected chi connectivity index (χ4v) is 3.76. The molecule has 1 nitrogen and oxygen atoms in total. The van der Waals surface area contributed by atoms with Gasteiger partial charge in [0.2, 0.25) is 0 Å². The van der Waals surface area contributed by atoms with Crippen molar-refractivity contribution in [3.05, 3.63) is 56.7 Å². The lowest BCUT2D eigenvalue weighted by atomic mass is 10.2. The molecule has 0 aliphatic carbocycles. The van der Waals surface area contributed by atoms with E-state index in [0.29, 0.717) is 0 Å². The van der Waals surface area contributed by atoms with Gasteiger partial charge in [-0.15, -0.1) is 0 Å². The molecular weight excluding hydrogens is 290 g/mol. The third-order valence-corrected chi connectivity index (χ3v) is 5.41. The van der Waals surface area contributed by atoms with Crippen LogP contribution in [0.5, 0.6) is 0 Å². The number of hydrogen-bond donors (Lipinski definition) is 0. The number of nitrogens with zero attached hydrogens (tertiary/aromatic N) is 1. The largest absolute Gasteiger partial charge is 0.378 e. The van der Waals surface area contributed by atoms with Gasteiger partial charge in [0, 0.05) is 24.7 Å². The van der Waals surface area contributed by atoms with Gasteiger partial charge in [0.1, 0.15) is 3.82 Å². The fraction of sp³-hybridized carbons (Fsp3) is 0.133. The van der Waals surface area contributed by atoms with Crippen LogP contribution in [-0.2, 0) is 0 Å². The maximum absolute atomic E-state index is 5.09. The van der Waals surface area contributed by atoms with Crippen molar-refractivity contribution in [2.45, 2.75) is 0 Å². The molecule has 19 heavy (non-hydrogen) atoms. The molecular formula is C15H15NS3. The van der Waals surface area contributed by atoms with E-state index < -0.39 is 0 Å². The number of rotatable bonds is 4. The minimum atomic E-state index is 0.952. The second kappa shape index (κ2) is 6.80. The standard InChI is InChI=1S/C15H15NS3/c1-16(2)13-9-7-12(8-10-13)5-3-4-6-14-11-15(17)19-18-14/h3-11H,1-2H3. The van der Waals surface area contributed by atoms with Crippen molar-refractivity contribution >= 4 is 50.7 Å². The summed E-state index contributed by atoms with van der Waals surface area (Å²) in [5.41, 5.74) is 2.42. The summed E-state index contributed by atoms with van der Waals surface area (Å²) in [4.78, 5) is 3.31. The van der Waals surface area contributed by atoms with Crippen molar-refractivity contribution in [2.75, 3.05) is 19.0 Å². The first-order chi connectivity index (χ1) is 9.15. The SMILES string of the molecule is CN(C)c1ccc(C=CC=Cc2cc(=S)ss2)cc1. The summed E-state index contributed by atoms with van der Waals surface area (Å²) in [5.74, 6) is 0. The van der Waals surface area contributed by atoms with Crippen LogP contribution in [0.15, 0.2) is 42.5 Å². The van der Waals surface area contributed by atoms with E-state index in [1.54, 1.807) is 20.7 Å². The van der Waals surface area contributed by atoms with E-state index in [1.807, 2.05) is 26.2 Å². The van der Waals surface area contributed by atoms with Gasteiger partial charge in [-0.1, -0.05) is 63.3 Å². The molecule has 0 amide bonds. The minimum absolute atomic E-state index is 0.952. The average Bonchev–Trinajstić information content (AvgIpc) is 2.81. The highest BCUT2D eigenvalue weighted by Crippen LogP contribution is 2.19. The molecule has 0 aliphatic rings. The number of hydrogen-bond acceptors (Lipinski definition) is 4. The highest BCUT2D eigenvalue weighted by atomic mass is 32.9. The van der Waals surface area contributed by atoms with E-state index in [1.165, 1.54) is 16.1 Å². The zero-order valence-electron chi connectivity index (χ0n) is 10.9. The summed E-state index contributed by atoms with van der Waals surface area (Å²) in [6, 6.07) is 10.5. The molecule has 2 aromatic rings. The van der Waals surface area contributed by atoms with Crippen molar-refractivity contribution < 1.29 is 0 Å². The van der Waals surface area contributed by atoms with Crippen LogP contribution >= 0.6 is 32.9 Å². The summed E-state index contributed by atoms with van der Waals surface area (Å²) < 4.78 is 0.952. The van der Waals surface area contributed by atoms with Crippen LogP contribution in [0.1, 0.15) is 10.4 Å².